The maximum absolute atomic E-state index is 11.9. The molecule has 3 N–H and O–H groups in total. The highest BCUT2D eigenvalue weighted by atomic mass is 32.2. The van der Waals surface area contributed by atoms with Gasteiger partial charge in [-0.1, -0.05) is 6.07 Å². The van der Waals surface area contributed by atoms with Crippen LogP contribution in [0, 0.1) is 0 Å². The zero-order valence-corrected chi connectivity index (χ0v) is 11.3. The van der Waals surface area contributed by atoms with E-state index in [1.54, 1.807) is 12.1 Å². The van der Waals surface area contributed by atoms with E-state index in [0.29, 0.717) is 18.5 Å². The molecule has 0 fully saturated rings. The average molecular weight is 270 g/mol. The second kappa shape index (κ2) is 5.97. The lowest BCUT2D eigenvalue weighted by atomic mass is 10.2. The molecule has 0 saturated heterocycles. The Balaban J connectivity index is 2.87. The van der Waals surface area contributed by atoms with Crippen molar-refractivity contribution in [1.29, 1.82) is 0 Å². The fraction of sp³-hybridized carbons (Fsp3) is 0.417. The summed E-state index contributed by atoms with van der Waals surface area (Å²) in [4.78, 5) is 12.0. The highest BCUT2D eigenvalue weighted by Crippen LogP contribution is 2.11. The smallest absolute Gasteiger partial charge is 0.251 e. The summed E-state index contributed by atoms with van der Waals surface area (Å²) < 4.78 is 22.8. The topological polar surface area (TPSA) is 89.3 Å². The van der Waals surface area contributed by atoms with E-state index in [1.807, 2.05) is 6.92 Å². The van der Waals surface area contributed by atoms with Gasteiger partial charge in [-0.2, -0.15) is 0 Å². The average Bonchev–Trinajstić information content (AvgIpc) is 2.28. The highest BCUT2D eigenvalue weighted by molar-refractivity contribution is 7.90. The quantitative estimate of drug-likeness (QED) is 0.818. The molecule has 0 bridgehead atoms. The van der Waals surface area contributed by atoms with E-state index in [1.165, 1.54) is 12.1 Å². The summed E-state index contributed by atoms with van der Waals surface area (Å²) in [5.41, 5.74) is 5.73. The van der Waals surface area contributed by atoms with E-state index < -0.39 is 9.84 Å². The van der Waals surface area contributed by atoms with Crippen LogP contribution < -0.4 is 11.1 Å². The first kappa shape index (κ1) is 14.7. The zero-order valence-electron chi connectivity index (χ0n) is 10.5. The molecule has 1 atom stereocenters. The van der Waals surface area contributed by atoms with Crippen LogP contribution in [-0.4, -0.2) is 33.2 Å². The third-order valence-corrected chi connectivity index (χ3v) is 3.61. The molecule has 0 heterocycles. The Bertz CT molecular complexity index is 526. The minimum atomic E-state index is -3.30. The third-order valence-electron chi connectivity index (χ3n) is 2.50. The molecule has 0 aromatic heterocycles. The number of hydrogen-bond donors (Lipinski definition) is 2. The van der Waals surface area contributed by atoms with Crippen LogP contribution in [0.4, 0.5) is 0 Å². The first-order chi connectivity index (χ1) is 8.34. The predicted molar refractivity (Wildman–Crippen MR) is 70.2 cm³/mol. The van der Waals surface area contributed by atoms with Gasteiger partial charge in [0, 0.05) is 17.9 Å². The predicted octanol–water partition coefficient (Wildman–Crippen LogP) is 0.557. The summed E-state index contributed by atoms with van der Waals surface area (Å²) in [5.74, 6) is -0.290. The zero-order chi connectivity index (χ0) is 13.8. The molecule has 6 heteroatoms. The summed E-state index contributed by atoms with van der Waals surface area (Å²) in [6.45, 7) is 2.34. The van der Waals surface area contributed by atoms with Crippen LogP contribution in [-0.2, 0) is 9.84 Å². The summed E-state index contributed by atoms with van der Waals surface area (Å²) >= 11 is 0. The largest absolute Gasteiger partial charge is 0.350 e. The number of nitrogens with two attached hydrogens (primary N) is 1. The molecular formula is C12H18N2O3S. The number of carbonyl (C=O) groups is 1. The lowest BCUT2D eigenvalue weighted by molar-refractivity contribution is 0.0938. The van der Waals surface area contributed by atoms with Crippen molar-refractivity contribution in [3.05, 3.63) is 29.8 Å². The first-order valence-corrected chi connectivity index (χ1v) is 7.55. The Labute approximate surface area is 107 Å². The van der Waals surface area contributed by atoms with E-state index in [4.69, 9.17) is 5.73 Å². The van der Waals surface area contributed by atoms with Gasteiger partial charge in [-0.15, -0.1) is 0 Å². The molecule has 1 unspecified atom stereocenters. The summed E-state index contributed by atoms with van der Waals surface area (Å²) in [7, 11) is -3.30. The van der Waals surface area contributed by atoms with Gasteiger partial charge in [-0.3, -0.25) is 4.79 Å². The van der Waals surface area contributed by atoms with Crippen molar-refractivity contribution >= 4 is 15.7 Å². The number of hydrogen-bond acceptors (Lipinski definition) is 4. The normalized spacial score (nSPS) is 13.1. The molecule has 0 aliphatic rings. The Hall–Kier alpha value is -1.40. The first-order valence-electron chi connectivity index (χ1n) is 5.65. The van der Waals surface area contributed by atoms with E-state index in [0.717, 1.165) is 6.26 Å². The summed E-state index contributed by atoms with van der Waals surface area (Å²) in [5, 5.41) is 2.76. The molecule has 1 rings (SSSR count). The maximum Gasteiger partial charge on any atom is 0.251 e. The monoisotopic (exact) mass is 270 g/mol. The summed E-state index contributed by atoms with van der Waals surface area (Å²) in [6.07, 6.45) is 1.79. The number of carbonyl (C=O) groups excluding carboxylic acids is 1. The van der Waals surface area contributed by atoms with Gasteiger partial charge in [0.05, 0.1) is 4.90 Å². The SMILES string of the molecule is CC(CCN)NC(=O)c1cccc(S(C)(=O)=O)c1. The van der Waals surface area contributed by atoms with Gasteiger partial charge in [-0.25, -0.2) is 8.42 Å². The molecule has 0 aliphatic heterocycles. The third kappa shape index (κ3) is 4.12. The van der Waals surface area contributed by atoms with E-state index in [-0.39, 0.29) is 16.8 Å². The van der Waals surface area contributed by atoms with Crippen LogP contribution >= 0.6 is 0 Å². The van der Waals surface area contributed by atoms with Crippen LogP contribution in [0.2, 0.25) is 0 Å². The molecule has 1 aromatic carbocycles. The maximum atomic E-state index is 11.9. The number of nitrogens with one attached hydrogen (secondary N) is 1. The molecule has 0 aliphatic carbocycles. The van der Waals surface area contributed by atoms with Crippen molar-refractivity contribution in [2.45, 2.75) is 24.3 Å². The second-order valence-corrected chi connectivity index (χ2v) is 6.27. The van der Waals surface area contributed by atoms with E-state index in [2.05, 4.69) is 5.32 Å². The number of amides is 1. The van der Waals surface area contributed by atoms with Crippen LogP contribution in [0.15, 0.2) is 29.2 Å². The lowest BCUT2D eigenvalue weighted by Gasteiger charge is -2.12. The van der Waals surface area contributed by atoms with Gasteiger partial charge in [0.1, 0.15) is 0 Å². The number of sulfone groups is 1. The van der Waals surface area contributed by atoms with Crippen molar-refractivity contribution in [2.24, 2.45) is 5.73 Å². The minimum absolute atomic E-state index is 0.0376. The van der Waals surface area contributed by atoms with Gasteiger partial charge in [0.2, 0.25) is 0 Å². The van der Waals surface area contributed by atoms with Crippen molar-refractivity contribution in [2.75, 3.05) is 12.8 Å². The van der Waals surface area contributed by atoms with Crippen molar-refractivity contribution in [1.82, 2.24) is 5.32 Å². The van der Waals surface area contributed by atoms with E-state index in [9.17, 15) is 13.2 Å². The minimum Gasteiger partial charge on any atom is -0.350 e. The van der Waals surface area contributed by atoms with Crippen molar-refractivity contribution in [3.8, 4) is 0 Å². The molecule has 1 amide bonds. The molecule has 100 valence electrons. The van der Waals surface area contributed by atoms with Gasteiger partial charge >= 0.3 is 0 Å². The van der Waals surface area contributed by atoms with Gasteiger partial charge in [-0.05, 0) is 38.1 Å². The van der Waals surface area contributed by atoms with Crippen LogP contribution in [0.5, 0.6) is 0 Å². The fourth-order valence-corrected chi connectivity index (χ4v) is 2.16. The second-order valence-electron chi connectivity index (χ2n) is 4.25. The van der Waals surface area contributed by atoms with Crippen molar-refractivity contribution in [3.63, 3.8) is 0 Å². The molecule has 0 radical (unpaired) electrons. The highest BCUT2D eigenvalue weighted by Gasteiger charge is 2.13. The fourth-order valence-electron chi connectivity index (χ4n) is 1.50. The van der Waals surface area contributed by atoms with Crippen LogP contribution in [0.1, 0.15) is 23.7 Å². The van der Waals surface area contributed by atoms with Gasteiger partial charge < -0.3 is 11.1 Å². The standard InChI is InChI=1S/C12H18N2O3S/c1-9(6-7-13)14-12(15)10-4-3-5-11(8-10)18(2,16)17/h3-5,8-9H,6-7,13H2,1-2H3,(H,14,15). The molecule has 0 spiro atoms. The Morgan fingerprint density at radius 1 is 1.44 bits per heavy atom. The van der Waals surface area contributed by atoms with Gasteiger partial charge in [0.25, 0.3) is 5.91 Å². The summed E-state index contributed by atoms with van der Waals surface area (Å²) in [6, 6.07) is 5.94. The molecule has 5 nitrogen and oxygen atoms in total. The van der Waals surface area contributed by atoms with Crippen LogP contribution in [0.25, 0.3) is 0 Å². The molecule has 18 heavy (non-hydrogen) atoms. The number of rotatable bonds is 5. The Morgan fingerprint density at radius 3 is 2.67 bits per heavy atom. The van der Waals surface area contributed by atoms with E-state index >= 15 is 0 Å². The molecule has 1 aromatic rings. The van der Waals surface area contributed by atoms with Crippen LogP contribution in [0.3, 0.4) is 0 Å². The Morgan fingerprint density at radius 2 is 2.11 bits per heavy atom. The van der Waals surface area contributed by atoms with Gasteiger partial charge in [0.15, 0.2) is 9.84 Å². The lowest BCUT2D eigenvalue weighted by Crippen LogP contribution is -2.34. The Kier molecular flexibility index (Phi) is 4.86. The van der Waals surface area contributed by atoms with Crippen molar-refractivity contribution < 1.29 is 13.2 Å². The molecule has 0 saturated carbocycles. The number of benzene rings is 1. The molecular weight excluding hydrogens is 252 g/mol.